The van der Waals surface area contributed by atoms with Crippen LogP contribution in [0.15, 0.2) is 85.2 Å². The fourth-order valence-electron chi connectivity index (χ4n) is 8.51. The second-order valence-electron chi connectivity index (χ2n) is 14.9. The Morgan fingerprint density at radius 3 is 1.61 bits per heavy atom. The molecule has 0 amide bonds. The standard InChI is InChI=1S/C47H54N2S2/c1-5-7-9-11-13-15-27-47(28-16-14-12-10-8-6-2)40-31-33(3)17-20-36(40)37-21-19-35(32-41(37)47)42-25-26-44(51-42)39-23-22-38(43-24-18-34(4)50-43)45-46(39)49-30-29-48-45/h17-26,29-32H,5-16,27-28H2,1-4H3. The van der Waals surface area contributed by atoms with Gasteiger partial charge in [-0.15, -0.1) is 22.7 Å². The van der Waals surface area contributed by atoms with Crippen LogP contribution in [0.3, 0.4) is 0 Å². The number of nitrogens with zero attached hydrogens (tertiary/aromatic N) is 2. The number of thiophene rings is 2. The second kappa shape index (κ2) is 16.4. The van der Waals surface area contributed by atoms with Crippen molar-refractivity contribution in [3.8, 4) is 42.4 Å². The second-order valence-corrected chi connectivity index (χ2v) is 17.3. The van der Waals surface area contributed by atoms with E-state index in [4.69, 9.17) is 9.97 Å². The summed E-state index contributed by atoms with van der Waals surface area (Å²) in [5.41, 5.74) is 13.2. The lowest BCUT2D eigenvalue weighted by Gasteiger charge is -2.33. The fraction of sp³-hybridized carbons (Fsp3) is 0.404. The topological polar surface area (TPSA) is 25.8 Å². The van der Waals surface area contributed by atoms with E-state index >= 15 is 0 Å². The van der Waals surface area contributed by atoms with Crippen LogP contribution in [0.4, 0.5) is 0 Å². The van der Waals surface area contributed by atoms with E-state index < -0.39 is 0 Å². The third-order valence-corrected chi connectivity index (χ3v) is 13.4. The summed E-state index contributed by atoms with van der Waals surface area (Å²) in [6.07, 6.45) is 22.2. The van der Waals surface area contributed by atoms with Crippen LogP contribution < -0.4 is 0 Å². The first-order valence-corrected chi connectivity index (χ1v) is 21.3. The van der Waals surface area contributed by atoms with E-state index in [1.54, 1.807) is 11.1 Å². The first kappa shape index (κ1) is 35.8. The molecule has 3 aromatic carbocycles. The molecule has 0 unspecified atom stereocenters. The van der Waals surface area contributed by atoms with Gasteiger partial charge in [0.2, 0.25) is 0 Å². The molecule has 3 aromatic heterocycles. The van der Waals surface area contributed by atoms with Crippen molar-refractivity contribution in [3.05, 3.63) is 107 Å². The molecular formula is C47H54N2S2. The molecular weight excluding hydrogens is 657 g/mol. The van der Waals surface area contributed by atoms with E-state index in [0.29, 0.717) is 0 Å². The molecule has 0 N–H and O–H groups in total. The number of fused-ring (bicyclic) bond motifs is 4. The monoisotopic (exact) mass is 710 g/mol. The van der Waals surface area contributed by atoms with Gasteiger partial charge in [0.1, 0.15) is 0 Å². The van der Waals surface area contributed by atoms with Crippen LogP contribution in [0.25, 0.3) is 53.5 Å². The highest BCUT2D eigenvalue weighted by molar-refractivity contribution is 7.19. The lowest BCUT2D eigenvalue weighted by molar-refractivity contribution is 0.398. The summed E-state index contributed by atoms with van der Waals surface area (Å²) in [5.74, 6) is 0. The maximum Gasteiger partial charge on any atom is 0.0979 e. The van der Waals surface area contributed by atoms with Crippen LogP contribution in [0.1, 0.15) is 125 Å². The molecule has 6 aromatic rings. The van der Waals surface area contributed by atoms with Gasteiger partial charge in [-0.25, -0.2) is 0 Å². The van der Waals surface area contributed by atoms with Gasteiger partial charge in [-0.1, -0.05) is 139 Å². The molecule has 7 rings (SSSR count). The smallest absolute Gasteiger partial charge is 0.0979 e. The predicted octanol–water partition coefficient (Wildman–Crippen LogP) is 15.1. The normalized spacial score (nSPS) is 13.2. The minimum atomic E-state index is 0.0874. The van der Waals surface area contributed by atoms with E-state index in [1.165, 1.54) is 132 Å². The van der Waals surface area contributed by atoms with Crippen molar-refractivity contribution in [1.82, 2.24) is 9.97 Å². The summed E-state index contributed by atoms with van der Waals surface area (Å²) in [6.45, 7) is 9.08. The number of unbranched alkanes of at least 4 members (excludes halogenated alkanes) is 10. The molecule has 3 heterocycles. The molecule has 0 aliphatic heterocycles. The van der Waals surface area contributed by atoms with Gasteiger partial charge in [0.15, 0.2) is 0 Å². The number of rotatable bonds is 17. The Bertz CT molecular complexity index is 2070. The molecule has 0 radical (unpaired) electrons. The molecule has 264 valence electrons. The van der Waals surface area contributed by atoms with Crippen molar-refractivity contribution in [2.45, 2.75) is 123 Å². The van der Waals surface area contributed by atoms with E-state index in [2.05, 4.69) is 100 Å². The molecule has 51 heavy (non-hydrogen) atoms. The molecule has 1 aliphatic carbocycles. The minimum Gasteiger partial charge on any atom is -0.252 e. The molecule has 0 fully saturated rings. The Labute approximate surface area is 314 Å². The summed E-state index contributed by atoms with van der Waals surface area (Å²) in [6, 6.07) is 28.2. The van der Waals surface area contributed by atoms with Crippen LogP contribution in [0.5, 0.6) is 0 Å². The Kier molecular flexibility index (Phi) is 11.5. The van der Waals surface area contributed by atoms with Crippen molar-refractivity contribution in [2.75, 3.05) is 0 Å². The number of aryl methyl sites for hydroxylation is 2. The maximum absolute atomic E-state index is 4.88. The van der Waals surface area contributed by atoms with Crippen LogP contribution in [0, 0.1) is 13.8 Å². The fourth-order valence-corrected chi connectivity index (χ4v) is 10.4. The quantitative estimate of drug-likeness (QED) is 0.0881. The summed E-state index contributed by atoms with van der Waals surface area (Å²) in [4.78, 5) is 14.8. The average Bonchev–Trinajstić information content (AvgIpc) is 3.88. The van der Waals surface area contributed by atoms with E-state index in [9.17, 15) is 0 Å². The first-order chi connectivity index (χ1) is 25.0. The van der Waals surface area contributed by atoms with E-state index in [0.717, 1.165) is 22.2 Å². The molecule has 1 aliphatic rings. The number of benzene rings is 3. The molecule has 0 saturated heterocycles. The number of hydrogen-bond donors (Lipinski definition) is 0. The van der Waals surface area contributed by atoms with Crippen molar-refractivity contribution < 1.29 is 0 Å². The predicted molar refractivity (Wildman–Crippen MR) is 223 cm³/mol. The molecule has 0 saturated carbocycles. The zero-order chi connectivity index (χ0) is 35.2. The van der Waals surface area contributed by atoms with E-state index in [1.807, 2.05) is 35.1 Å². The summed E-state index contributed by atoms with van der Waals surface area (Å²) in [7, 11) is 0. The van der Waals surface area contributed by atoms with Crippen LogP contribution in [-0.4, -0.2) is 9.97 Å². The molecule has 0 atom stereocenters. The summed E-state index contributed by atoms with van der Waals surface area (Å²) < 4.78 is 0. The van der Waals surface area contributed by atoms with Crippen LogP contribution in [-0.2, 0) is 5.41 Å². The minimum absolute atomic E-state index is 0.0874. The first-order valence-electron chi connectivity index (χ1n) is 19.7. The van der Waals surface area contributed by atoms with Gasteiger partial charge in [-0.2, -0.15) is 0 Å². The van der Waals surface area contributed by atoms with Crippen LogP contribution >= 0.6 is 22.7 Å². The lowest BCUT2D eigenvalue weighted by Crippen LogP contribution is -2.25. The van der Waals surface area contributed by atoms with Crippen molar-refractivity contribution in [1.29, 1.82) is 0 Å². The average molecular weight is 711 g/mol. The number of aromatic nitrogens is 2. The van der Waals surface area contributed by atoms with Crippen molar-refractivity contribution in [2.24, 2.45) is 0 Å². The zero-order valence-electron chi connectivity index (χ0n) is 31.2. The molecule has 4 heteroatoms. The van der Waals surface area contributed by atoms with Gasteiger partial charge in [0.05, 0.1) is 11.0 Å². The van der Waals surface area contributed by atoms with Gasteiger partial charge in [0, 0.05) is 48.4 Å². The van der Waals surface area contributed by atoms with Gasteiger partial charge in [-0.05, 0) is 84.8 Å². The number of hydrogen-bond acceptors (Lipinski definition) is 4. The summed E-state index contributed by atoms with van der Waals surface area (Å²) >= 11 is 3.70. The van der Waals surface area contributed by atoms with E-state index in [-0.39, 0.29) is 5.41 Å². The third-order valence-electron chi connectivity index (χ3n) is 11.2. The maximum atomic E-state index is 4.88. The van der Waals surface area contributed by atoms with Gasteiger partial charge >= 0.3 is 0 Å². The molecule has 2 nitrogen and oxygen atoms in total. The Hall–Kier alpha value is -3.60. The Morgan fingerprint density at radius 2 is 1.00 bits per heavy atom. The van der Waals surface area contributed by atoms with Gasteiger partial charge in [-0.3, -0.25) is 9.97 Å². The summed E-state index contributed by atoms with van der Waals surface area (Å²) in [5, 5.41) is 0. The zero-order valence-corrected chi connectivity index (χ0v) is 32.8. The molecule has 0 bridgehead atoms. The molecule has 0 spiro atoms. The largest absolute Gasteiger partial charge is 0.252 e. The Balaban J connectivity index is 1.24. The van der Waals surface area contributed by atoms with Crippen molar-refractivity contribution >= 4 is 33.7 Å². The van der Waals surface area contributed by atoms with Gasteiger partial charge < -0.3 is 0 Å². The SMILES string of the molecule is CCCCCCCCC1(CCCCCCCC)c2cc(C)ccc2-c2ccc(-c3ccc(-c4ccc(-c5ccc(C)s5)c5nccnc45)s3)cc21. The lowest BCUT2D eigenvalue weighted by atomic mass is 9.70. The van der Waals surface area contributed by atoms with Gasteiger partial charge in [0.25, 0.3) is 0 Å². The Morgan fingerprint density at radius 1 is 0.490 bits per heavy atom. The third kappa shape index (κ3) is 7.50. The van der Waals surface area contributed by atoms with Crippen molar-refractivity contribution in [3.63, 3.8) is 0 Å². The highest BCUT2D eigenvalue weighted by atomic mass is 32.1. The van der Waals surface area contributed by atoms with Crippen LogP contribution in [0.2, 0.25) is 0 Å². The highest BCUT2D eigenvalue weighted by Gasteiger charge is 2.42. The highest BCUT2D eigenvalue weighted by Crippen LogP contribution is 2.55.